The van der Waals surface area contributed by atoms with Gasteiger partial charge >= 0.3 is 13.6 Å². The van der Waals surface area contributed by atoms with E-state index in [1.807, 2.05) is 5.32 Å². The summed E-state index contributed by atoms with van der Waals surface area (Å²) in [6.45, 7) is 1.33. The van der Waals surface area contributed by atoms with E-state index in [2.05, 4.69) is 5.32 Å². The average Bonchev–Trinajstić information content (AvgIpc) is 2.43. The third kappa shape index (κ3) is 10.2. The van der Waals surface area contributed by atoms with Crippen LogP contribution in [0.5, 0.6) is 0 Å². The summed E-state index contributed by atoms with van der Waals surface area (Å²) in [5.41, 5.74) is 10.3. The molecule has 25 heavy (non-hydrogen) atoms. The SMILES string of the molecule is CC(N)C(=O)NC(CC(N)=O)C(=O)NC(C=CCP(=O)(O)O)C(=O)O. The lowest BCUT2D eigenvalue weighted by molar-refractivity contribution is -0.141. The first-order chi connectivity index (χ1) is 11.3. The predicted octanol–water partition coefficient (Wildman–Crippen LogP) is -3.00. The molecule has 142 valence electrons. The molecule has 3 atom stereocenters. The zero-order chi connectivity index (χ0) is 19.8. The number of primary amides is 1. The van der Waals surface area contributed by atoms with Gasteiger partial charge in [0.05, 0.1) is 18.6 Å². The highest BCUT2D eigenvalue weighted by atomic mass is 31.2. The summed E-state index contributed by atoms with van der Waals surface area (Å²) in [4.78, 5) is 63.2. The zero-order valence-electron chi connectivity index (χ0n) is 13.3. The number of carbonyl (C=O) groups is 4. The minimum atomic E-state index is -4.38. The Labute approximate surface area is 142 Å². The molecule has 13 heteroatoms. The number of carbonyl (C=O) groups excluding carboxylic acids is 3. The van der Waals surface area contributed by atoms with Crippen molar-refractivity contribution < 1.29 is 38.6 Å². The van der Waals surface area contributed by atoms with Crippen molar-refractivity contribution in [2.75, 3.05) is 6.16 Å². The maximum absolute atomic E-state index is 12.1. The fourth-order valence-electron chi connectivity index (χ4n) is 1.49. The average molecular weight is 380 g/mol. The summed E-state index contributed by atoms with van der Waals surface area (Å²) in [5, 5.41) is 13.2. The molecule has 0 saturated carbocycles. The summed E-state index contributed by atoms with van der Waals surface area (Å²) in [7, 11) is -4.38. The quantitative estimate of drug-likeness (QED) is 0.151. The molecule has 0 heterocycles. The first-order valence-corrected chi connectivity index (χ1v) is 8.72. The highest BCUT2D eigenvalue weighted by molar-refractivity contribution is 7.51. The fourth-order valence-corrected chi connectivity index (χ4v) is 1.89. The number of hydrogen-bond acceptors (Lipinski definition) is 6. The van der Waals surface area contributed by atoms with Crippen molar-refractivity contribution in [1.29, 1.82) is 0 Å². The van der Waals surface area contributed by atoms with Crippen molar-refractivity contribution >= 4 is 31.3 Å². The lowest BCUT2D eigenvalue weighted by atomic mass is 10.1. The Kier molecular flexibility index (Phi) is 8.99. The number of nitrogens with one attached hydrogen (secondary N) is 2. The lowest BCUT2D eigenvalue weighted by Gasteiger charge is -2.20. The molecule has 0 saturated heterocycles. The van der Waals surface area contributed by atoms with Crippen LogP contribution in [0.2, 0.25) is 0 Å². The van der Waals surface area contributed by atoms with Crippen LogP contribution >= 0.6 is 7.60 Å². The Morgan fingerprint density at radius 1 is 1.16 bits per heavy atom. The van der Waals surface area contributed by atoms with Crippen LogP contribution in [-0.2, 0) is 23.7 Å². The molecule has 0 aromatic rings. The minimum absolute atomic E-state index is 0.594. The molecular weight excluding hydrogens is 359 g/mol. The van der Waals surface area contributed by atoms with E-state index >= 15 is 0 Å². The molecule has 3 unspecified atom stereocenters. The van der Waals surface area contributed by atoms with Crippen LogP contribution in [0.3, 0.4) is 0 Å². The Hall–Kier alpha value is -2.27. The van der Waals surface area contributed by atoms with E-state index in [1.54, 1.807) is 0 Å². The van der Waals surface area contributed by atoms with Gasteiger partial charge in [-0.3, -0.25) is 18.9 Å². The molecule has 12 nitrogen and oxygen atoms in total. The van der Waals surface area contributed by atoms with E-state index in [4.69, 9.17) is 26.4 Å². The second-order valence-electron chi connectivity index (χ2n) is 5.12. The summed E-state index contributed by atoms with van der Waals surface area (Å²) in [6.07, 6.45) is 0.430. The number of rotatable bonds is 10. The van der Waals surface area contributed by atoms with Crippen LogP contribution in [-0.4, -0.2) is 62.9 Å². The second-order valence-corrected chi connectivity index (χ2v) is 6.81. The van der Waals surface area contributed by atoms with Crippen molar-refractivity contribution in [2.24, 2.45) is 11.5 Å². The normalized spacial score (nSPS) is 15.2. The molecule has 0 aliphatic carbocycles. The summed E-state index contributed by atoms with van der Waals surface area (Å²) < 4.78 is 10.7. The van der Waals surface area contributed by atoms with Gasteiger partial charge in [0.25, 0.3) is 0 Å². The van der Waals surface area contributed by atoms with Crippen molar-refractivity contribution in [1.82, 2.24) is 10.6 Å². The third-order valence-corrected chi connectivity index (χ3v) is 3.37. The molecule has 0 aliphatic rings. The summed E-state index contributed by atoms with van der Waals surface area (Å²) >= 11 is 0. The Balaban J connectivity index is 5.12. The molecule has 3 amide bonds. The van der Waals surface area contributed by atoms with E-state index < -0.39 is 62.0 Å². The maximum Gasteiger partial charge on any atom is 0.330 e. The Bertz CT molecular complexity index is 600. The highest BCUT2D eigenvalue weighted by Gasteiger charge is 2.27. The van der Waals surface area contributed by atoms with E-state index in [-0.39, 0.29) is 0 Å². The summed E-state index contributed by atoms with van der Waals surface area (Å²) in [6, 6.07) is -4.07. The van der Waals surface area contributed by atoms with E-state index in [9.17, 15) is 23.7 Å². The van der Waals surface area contributed by atoms with Gasteiger partial charge in [-0.15, -0.1) is 0 Å². The Morgan fingerprint density at radius 2 is 1.72 bits per heavy atom. The van der Waals surface area contributed by atoms with E-state index in [1.165, 1.54) is 6.92 Å². The molecule has 0 radical (unpaired) electrons. The first-order valence-electron chi connectivity index (χ1n) is 6.92. The van der Waals surface area contributed by atoms with Gasteiger partial charge in [0, 0.05) is 0 Å². The van der Waals surface area contributed by atoms with Gasteiger partial charge in [0.2, 0.25) is 17.7 Å². The summed E-state index contributed by atoms with van der Waals surface area (Å²) in [5.74, 6) is -4.23. The van der Waals surface area contributed by atoms with Crippen molar-refractivity contribution in [3.63, 3.8) is 0 Å². The van der Waals surface area contributed by atoms with E-state index in [0.29, 0.717) is 0 Å². The molecule has 0 aromatic carbocycles. The fraction of sp³-hybridized carbons (Fsp3) is 0.500. The molecule has 9 N–H and O–H groups in total. The van der Waals surface area contributed by atoms with E-state index in [0.717, 1.165) is 12.2 Å². The maximum atomic E-state index is 12.1. The zero-order valence-corrected chi connectivity index (χ0v) is 14.2. The van der Waals surface area contributed by atoms with Gasteiger partial charge in [-0.2, -0.15) is 0 Å². The Morgan fingerprint density at radius 3 is 2.12 bits per heavy atom. The topological polar surface area (TPSA) is 222 Å². The molecule has 0 rings (SSSR count). The predicted molar refractivity (Wildman–Crippen MR) is 85.0 cm³/mol. The number of carboxylic acids is 1. The largest absolute Gasteiger partial charge is 0.479 e. The second kappa shape index (κ2) is 9.89. The number of nitrogens with two attached hydrogens (primary N) is 2. The lowest BCUT2D eigenvalue weighted by Crippen LogP contribution is -2.54. The number of allylic oxidation sites excluding steroid dienone is 1. The highest BCUT2D eigenvalue weighted by Crippen LogP contribution is 2.33. The van der Waals surface area contributed by atoms with Gasteiger partial charge in [0.15, 0.2) is 0 Å². The third-order valence-electron chi connectivity index (χ3n) is 2.69. The number of aliphatic carboxylic acids is 1. The van der Waals surface area contributed by atoms with Crippen LogP contribution in [0.4, 0.5) is 0 Å². The first kappa shape index (κ1) is 22.7. The van der Waals surface area contributed by atoms with Gasteiger partial charge in [0.1, 0.15) is 12.1 Å². The smallest absolute Gasteiger partial charge is 0.330 e. The number of carboxylic acid groups (broad SMARTS) is 1. The molecule has 0 bridgehead atoms. The molecular formula is C12H21N4O8P. The van der Waals surface area contributed by atoms with Crippen LogP contribution in [0, 0.1) is 0 Å². The van der Waals surface area contributed by atoms with Gasteiger partial charge in [-0.1, -0.05) is 12.2 Å². The molecule has 0 fully saturated rings. The van der Waals surface area contributed by atoms with Crippen molar-refractivity contribution in [3.05, 3.63) is 12.2 Å². The van der Waals surface area contributed by atoms with Crippen molar-refractivity contribution in [3.8, 4) is 0 Å². The van der Waals surface area contributed by atoms with Crippen LogP contribution in [0.15, 0.2) is 12.2 Å². The van der Waals surface area contributed by atoms with Crippen LogP contribution in [0.25, 0.3) is 0 Å². The standard InChI is InChI=1S/C12H21N4O8P/c1-6(13)10(18)16-8(5-9(14)17)11(19)15-7(12(20)21)3-2-4-25(22,23)24/h2-3,6-8H,4-5,13H2,1H3,(H2,14,17)(H,15,19)(H,16,18)(H,20,21)(H2,22,23,24). The number of amides is 3. The van der Waals surface area contributed by atoms with Crippen LogP contribution in [0.1, 0.15) is 13.3 Å². The monoisotopic (exact) mass is 380 g/mol. The number of hydrogen-bond donors (Lipinski definition) is 7. The molecule has 0 aromatic heterocycles. The van der Waals surface area contributed by atoms with Crippen LogP contribution < -0.4 is 22.1 Å². The molecule has 0 aliphatic heterocycles. The minimum Gasteiger partial charge on any atom is -0.479 e. The van der Waals surface area contributed by atoms with Gasteiger partial charge in [-0.25, -0.2) is 4.79 Å². The van der Waals surface area contributed by atoms with Gasteiger partial charge in [-0.05, 0) is 6.92 Å². The van der Waals surface area contributed by atoms with Gasteiger partial charge < -0.3 is 37.0 Å². The van der Waals surface area contributed by atoms with Crippen molar-refractivity contribution in [2.45, 2.75) is 31.5 Å². The molecule has 0 spiro atoms.